The lowest BCUT2D eigenvalue weighted by Crippen LogP contribution is -2.48. The molecule has 0 aromatic heterocycles. The number of nitrogens with zero attached hydrogens (tertiary/aromatic N) is 1. The Hall–Kier alpha value is -1.01. The first-order chi connectivity index (χ1) is 12.2. The first kappa shape index (κ1) is 21.3. The summed E-state index contributed by atoms with van der Waals surface area (Å²) in [5.41, 5.74) is 0. The number of carbonyl (C=O) groups is 1. The van der Waals surface area contributed by atoms with Crippen molar-refractivity contribution >= 4 is 29.9 Å². The molecule has 2 N–H and O–H groups in total. The van der Waals surface area contributed by atoms with E-state index in [1.165, 1.54) is 0 Å². The smallest absolute Gasteiger partial charge is 0.223 e. The molecular weight excluding hydrogens is 373 g/mol. The standard InChI is InChI=1S/C19H28ClN3O2.ClH/c20-16-1-3-18(4-2-16)25-14-13-23-11-7-17(8-12-23)22-19(24)15-5-9-21-10-6-15;/h1-4,15,17,21H,5-14H2,(H,22,24);1H. The summed E-state index contributed by atoms with van der Waals surface area (Å²) in [4.78, 5) is 14.7. The maximum atomic E-state index is 12.3. The van der Waals surface area contributed by atoms with Crippen LogP contribution in [0.4, 0.5) is 0 Å². The third kappa shape index (κ3) is 6.62. The largest absolute Gasteiger partial charge is 0.492 e. The molecule has 0 unspecified atom stereocenters. The van der Waals surface area contributed by atoms with Gasteiger partial charge in [0.1, 0.15) is 12.4 Å². The molecular formula is C19H29Cl2N3O2. The highest BCUT2D eigenvalue weighted by Crippen LogP contribution is 2.17. The van der Waals surface area contributed by atoms with Gasteiger partial charge in [0.15, 0.2) is 0 Å². The fourth-order valence-corrected chi connectivity index (χ4v) is 3.65. The predicted molar refractivity (Wildman–Crippen MR) is 107 cm³/mol. The number of ether oxygens (including phenoxy) is 1. The Kier molecular flexibility index (Phi) is 8.99. The molecule has 0 saturated carbocycles. The van der Waals surface area contributed by atoms with E-state index < -0.39 is 0 Å². The third-order valence-corrected chi connectivity index (χ3v) is 5.39. The maximum Gasteiger partial charge on any atom is 0.223 e. The molecule has 2 heterocycles. The van der Waals surface area contributed by atoms with Crippen LogP contribution >= 0.6 is 24.0 Å². The minimum absolute atomic E-state index is 0. The average molecular weight is 402 g/mol. The summed E-state index contributed by atoms with van der Waals surface area (Å²) < 4.78 is 5.76. The number of hydrogen-bond acceptors (Lipinski definition) is 4. The third-order valence-electron chi connectivity index (χ3n) is 5.13. The molecule has 26 heavy (non-hydrogen) atoms. The van der Waals surface area contributed by atoms with Crippen LogP contribution in [0, 0.1) is 5.92 Å². The molecule has 1 aromatic rings. The molecule has 2 aliphatic heterocycles. The topological polar surface area (TPSA) is 53.6 Å². The van der Waals surface area contributed by atoms with Crippen LogP contribution in [-0.2, 0) is 4.79 Å². The average Bonchev–Trinajstić information content (AvgIpc) is 2.65. The molecule has 2 aliphatic rings. The van der Waals surface area contributed by atoms with Crippen molar-refractivity contribution in [1.29, 1.82) is 0 Å². The van der Waals surface area contributed by atoms with Crippen molar-refractivity contribution in [3.05, 3.63) is 29.3 Å². The van der Waals surface area contributed by atoms with Crippen molar-refractivity contribution in [1.82, 2.24) is 15.5 Å². The van der Waals surface area contributed by atoms with Gasteiger partial charge in [-0.1, -0.05) is 11.6 Å². The summed E-state index contributed by atoms with van der Waals surface area (Å²) in [5.74, 6) is 1.31. The minimum atomic E-state index is 0. The van der Waals surface area contributed by atoms with Gasteiger partial charge >= 0.3 is 0 Å². The summed E-state index contributed by atoms with van der Waals surface area (Å²) in [7, 11) is 0. The Morgan fingerprint density at radius 2 is 1.81 bits per heavy atom. The highest BCUT2D eigenvalue weighted by molar-refractivity contribution is 6.30. The molecule has 0 bridgehead atoms. The molecule has 0 atom stereocenters. The van der Waals surface area contributed by atoms with Crippen LogP contribution in [0.5, 0.6) is 5.75 Å². The molecule has 1 aromatic carbocycles. The van der Waals surface area contributed by atoms with Gasteiger partial charge in [0.25, 0.3) is 0 Å². The Balaban J connectivity index is 0.00000243. The van der Waals surface area contributed by atoms with E-state index in [0.29, 0.717) is 12.6 Å². The van der Waals surface area contributed by atoms with Gasteiger partial charge in [-0.3, -0.25) is 9.69 Å². The first-order valence-electron chi connectivity index (χ1n) is 9.32. The van der Waals surface area contributed by atoms with E-state index >= 15 is 0 Å². The number of hydrogen-bond donors (Lipinski definition) is 2. The molecule has 0 aliphatic carbocycles. The Morgan fingerprint density at radius 3 is 2.46 bits per heavy atom. The molecule has 2 fully saturated rings. The Bertz CT molecular complexity index is 542. The van der Waals surface area contributed by atoms with E-state index in [1.807, 2.05) is 24.3 Å². The van der Waals surface area contributed by atoms with Crippen molar-refractivity contribution in [2.24, 2.45) is 5.92 Å². The van der Waals surface area contributed by atoms with Gasteiger partial charge < -0.3 is 15.4 Å². The maximum absolute atomic E-state index is 12.3. The van der Waals surface area contributed by atoms with Crippen LogP contribution in [0.2, 0.25) is 5.02 Å². The van der Waals surface area contributed by atoms with Crippen molar-refractivity contribution in [2.45, 2.75) is 31.7 Å². The van der Waals surface area contributed by atoms with E-state index in [-0.39, 0.29) is 24.2 Å². The zero-order valence-electron chi connectivity index (χ0n) is 15.1. The molecule has 1 amide bonds. The molecule has 3 rings (SSSR count). The van der Waals surface area contributed by atoms with Gasteiger partial charge in [-0.15, -0.1) is 12.4 Å². The fraction of sp³-hybridized carbons (Fsp3) is 0.632. The number of benzene rings is 1. The zero-order chi connectivity index (χ0) is 17.5. The predicted octanol–water partition coefficient (Wildman–Crippen LogP) is 2.72. The van der Waals surface area contributed by atoms with Crippen molar-refractivity contribution in [3.8, 4) is 5.75 Å². The first-order valence-corrected chi connectivity index (χ1v) is 9.70. The minimum Gasteiger partial charge on any atom is -0.492 e. The van der Waals surface area contributed by atoms with E-state index in [4.69, 9.17) is 16.3 Å². The van der Waals surface area contributed by atoms with Crippen LogP contribution in [0.25, 0.3) is 0 Å². The summed E-state index contributed by atoms with van der Waals surface area (Å²) in [6.07, 6.45) is 3.98. The number of halogens is 2. The van der Waals surface area contributed by atoms with Crippen molar-refractivity contribution in [3.63, 3.8) is 0 Å². The van der Waals surface area contributed by atoms with E-state index in [0.717, 1.165) is 69.2 Å². The van der Waals surface area contributed by atoms with Gasteiger partial charge in [-0.2, -0.15) is 0 Å². The monoisotopic (exact) mass is 401 g/mol. The quantitative estimate of drug-likeness (QED) is 0.769. The lowest BCUT2D eigenvalue weighted by Gasteiger charge is -2.33. The lowest BCUT2D eigenvalue weighted by atomic mass is 9.96. The second-order valence-electron chi connectivity index (χ2n) is 6.95. The van der Waals surface area contributed by atoms with Crippen LogP contribution < -0.4 is 15.4 Å². The Morgan fingerprint density at radius 1 is 1.15 bits per heavy atom. The lowest BCUT2D eigenvalue weighted by molar-refractivity contribution is -0.126. The van der Waals surface area contributed by atoms with Crippen LogP contribution in [0.15, 0.2) is 24.3 Å². The summed E-state index contributed by atoms with van der Waals surface area (Å²) >= 11 is 5.87. The SMILES string of the molecule is Cl.O=C(NC1CCN(CCOc2ccc(Cl)cc2)CC1)C1CCNCC1. The number of carbonyl (C=O) groups excluding carboxylic acids is 1. The number of nitrogens with one attached hydrogen (secondary N) is 2. The van der Waals surface area contributed by atoms with E-state index in [9.17, 15) is 4.79 Å². The highest BCUT2D eigenvalue weighted by Gasteiger charge is 2.25. The van der Waals surface area contributed by atoms with Gasteiger partial charge in [0.05, 0.1) is 0 Å². The molecule has 5 nitrogen and oxygen atoms in total. The number of piperidine rings is 2. The van der Waals surface area contributed by atoms with Gasteiger partial charge in [-0.25, -0.2) is 0 Å². The molecule has 0 spiro atoms. The number of rotatable bonds is 6. The molecule has 7 heteroatoms. The van der Waals surface area contributed by atoms with Gasteiger partial charge in [-0.05, 0) is 63.0 Å². The van der Waals surface area contributed by atoms with Gasteiger partial charge in [0.2, 0.25) is 5.91 Å². The molecule has 146 valence electrons. The number of amides is 1. The normalized spacial score (nSPS) is 19.6. The van der Waals surface area contributed by atoms with Crippen molar-refractivity contribution in [2.75, 3.05) is 39.3 Å². The van der Waals surface area contributed by atoms with E-state index in [1.54, 1.807) is 0 Å². The van der Waals surface area contributed by atoms with Crippen LogP contribution in [0.3, 0.4) is 0 Å². The molecule has 2 saturated heterocycles. The summed E-state index contributed by atoms with van der Waals surface area (Å²) in [5, 5.41) is 7.29. The van der Waals surface area contributed by atoms with Gasteiger partial charge in [0, 0.05) is 36.6 Å². The molecule has 0 radical (unpaired) electrons. The van der Waals surface area contributed by atoms with Crippen molar-refractivity contribution < 1.29 is 9.53 Å². The Labute approximate surface area is 167 Å². The fourth-order valence-electron chi connectivity index (χ4n) is 3.53. The highest BCUT2D eigenvalue weighted by atomic mass is 35.5. The summed E-state index contributed by atoms with van der Waals surface area (Å²) in [6.45, 7) is 5.54. The number of likely N-dealkylation sites (tertiary alicyclic amines) is 1. The second kappa shape index (κ2) is 11.0. The summed E-state index contributed by atoms with van der Waals surface area (Å²) in [6, 6.07) is 7.80. The second-order valence-corrected chi connectivity index (χ2v) is 7.39. The van der Waals surface area contributed by atoms with Crippen LogP contribution in [-0.4, -0.2) is 56.2 Å². The van der Waals surface area contributed by atoms with Crippen LogP contribution in [0.1, 0.15) is 25.7 Å². The zero-order valence-corrected chi connectivity index (χ0v) is 16.7. The van der Waals surface area contributed by atoms with E-state index in [2.05, 4.69) is 15.5 Å².